The Hall–Kier alpha value is -1.75. The number of nitrogen functional groups attached to an aromatic ring is 1. The molecule has 0 radical (unpaired) electrons. The molecular weight excluding hydrogens is 225 g/mol. The Morgan fingerprint density at radius 3 is 2.80 bits per heavy atom. The summed E-state index contributed by atoms with van der Waals surface area (Å²) in [5.74, 6) is -2.57. The number of nitrogens with two attached hydrogens (primary N) is 1. The third kappa shape index (κ3) is 1.41. The van der Waals surface area contributed by atoms with Crippen molar-refractivity contribution in [3.8, 4) is 0 Å². The van der Waals surface area contributed by atoms with E-state index in [0.29, 0.717) is 0 Å². The van der Waals surface area contributed by atoms with Crippen molar-refractivity contribution >= 4 is 34.2 Å². The van der Waals surface area contributed by atoms with Crippen molar-refractivity contribution in [1.82, 2.24) is 0 Å². The van der Waals surface area contributed by atoms with E-state index in [2.05, 4.69) is 0 Å². The van der Waals surface area contributed by atoms with Crippen LogP contribution in [0.4, 0.5) is 10.1 Å². The van der Waals surface area contributed by atoms with Gasteiger partial charge in [0.05, 0.1) is 5.69 Å². The van der Waals surface area contributed by atoms with Crippen LogP contribution in [0, 0.1) is 5.82 Å². The molecule has 1 aromatic heterocycles. The van der Waals surface area contributed by atoms with E-state index in [-0.39, 0.29) is 21.7 Å². The van der Waals surface area contributed by atoms with E-state index in [9.17, 15) is 9.18 Å². The number of hydrogen-bond donors (Lipinski definition) is 2. The summed E-state index contributed by atoms with van der Waals surface area (Å²) < 4.78 is 18.1. The highest BCUT2D eigenvalue weighted by atomic mass is 35.5. The Morgan fingerprint density at radius 2 is 2.20 bits per heavy atom. The van der Waals surface area contributed by atoms with Crippen LogP contribution in [0.2, 0.25) is 5.02 Å². The molecule has 0 bridgehead atoms. The van der Waals surface area contributed by atoms with Crippen LogP contribution in [0.5, 0.6) is 0 Å². The van der Waals surface area contributed by atoms with Crippen molar-refractivity contribution in [2.45, 2.75) is 0 Å². The molecule has 0 amide bonds. The highest BCUT2D eigenvalue weighted by molar-refractivity contribution is 6.31. The van der Waals surface area contributed by atoms with E-state index < -0.39 is 17.5 Å². The minimum absolute atomic E-state index is 0.126. The van der Waals surface area contributed by atoms with E-state index in [0.717, 1.165) is 6.07 Å². The van der Waals surface area contributed by atoms with E-state index in [1.165, 1.54) is 6.07 Å². The number of fused-ring (bicyclic) bond motifs is 1. The van der Waals surface area contributed by atoms with Gasteiger partial charge in [-0.1, -0.05) is 11.6 Å². The molecule has 1 aromatic carbocycles. The van der Waals surface area contributed by atoms with Crippen LogP contribution < -0.4 is 5.73 Å². The number of benzene rings is 1. The summed E-state index contributed by atoms with van der Waals surface area (Å²) >= 11 is 5.60. The lowest BCUT2D eigenvalue weighted by Crippen LogP contribution is -1.98. The van der Waals surface area contributed by atoms with Gasteiger partial charge < -0.3 is 15.3 Å². The minimum Gasteiger partial charge on any atom is -0.475 e. The molecule has 0 saturated carbocycles. The summed E-state index contributed by atoms with van der Waals surface area (Å²) in [6.07, 6.45) is 0. The lowest BCUT2D eigenvalue weighted by Gasteiger charge is -1.92. The number of anilines is 1. The van der Waals surface area contributed by atoms with Gasteiger partial charge in [-0.25, -0.2) is 9.18 Å². The van der Waals surface area contributed by atoms with Crippen molar-refractivity contribution < 1.29 is 18.7 Å². The highest BCUT2D eigenvalue weighted by Crippen LogP contribution is 2.32. The second kappa shape index (κ2) is 3.13. The maximum Gasteiger partial charge on any atom is 0.374 e. The van der Waals surface area contributed by atoms with E-state index in [1.807, 2.05) is 0 Å². The largest absolute Gasteiger partial charge is 0.475 e. The quantitative estimate of drug-likeness (QED) is 0.788. The third-order valence-electron chi connectivity index (χ3n) is 1.94. The Bertz CT molecular complexity index is 564. The molecule has 0 aliphatic carbocycles. The fourth-order valence-electron chi connectivity index (χ4n) is 1.30. The van der Waals surface area contributed by atoms with Gasteiger partial charge in [0.15, 0.2) is 11.4 Å². The van der Waals surface area contributed by atoms with Crippen LogP contribution in [0.1, 0.15) is 10.6 Å². The van der Waals surface area contributed by atoms with Crippen molar-refractivity contribution in [3.63, 3.8) is 0 Å². The molecule has 2 rings (SSSR count). The van der Waals surface area contributed by atoms with E-state index >= 15 is 0 Å². The molecule has 0 aliphatic rings. The summed E-state index contributed by atoms with van der Waals surface area (Å²) in [5, 5.41) is 8.99. The smallest absolute Gasteiger partial charge is 0.374 e. The number of halogens is 2. The zero-order chi connectivity index (χ0) is 11.2. The standard InChI is InChI=1S/C9H5ClFNO3/c10-3-1-4-6(12)8(9(13)14)15-7(4)5(11)2-3/h1-2H,12H2,(H,13,14). The number of carboxylic acids is 1. The number of carboxylic acid groups (broad SMARTS) is 1. The molecule has 6 heteroatoms. The average molecular weight is 230 g/mol. The van der Waals surface area contributed by atoms with Crippen LogP contribution in [-0.4, -0.2) is 11.1 Å². The zero-order valence-corrected chi connectivity index (χ0v) is 8.01. The number of rotatable bonds is 1. The fraction of sp³-hybridized carbons (Fsp3) is 0. The topological polar surface area (TPSA) is 76.5 Å². The molecular formula is C9H5ClFNO3. The van der Waals surface area contributed by atoms with Crippen LogP contribution in [0.25, 0.3) is 11.0 Å². The maximum absolute atomic E-state index is 13.3. The summed E-state index contributed by atoms with van der Waals surface area (Å²) in [5.41, 5.74) is 5.15. The van der Waals surface area contributed by atoms with Crippen molar-refractivity contribution in [2.24, 2.45) is 0 Å². The van der Waals surface area contributed by atoms with Crippen LogP contribution in [0.15, 0.2) is 16.5 Å². The van der Waals surface area contributed by atoms with E-state index in [4.69, 9.17) is 26.9 Å². The van der Waals surface area contributed by atoms with Gasteiger partial charge in [0.2, 0.25) is 5.76 Å². The number of furan rings is 1. The predicted octanol–water partition coefficient (Wildman–Crippen LogP) is 2.51. The first-order chi connectivity index (χ1) is 7.00. The zero-order valence-electron chi connectivity index (χ0n) is 7.25. The number of aromatic carboxylic acids is 1. The average Bonchev–Trinajstić information content (AvgIpc) is 2.44. The highest BCUT2D eigenvalue weighted by Gasteiger charge is 2.20. The lowest BCUT2D eigenvalue weighted by atomic mass is 10.2. The number of carbonyl (C=O) groups is 1. The van der Waals surface area contributed by atoms with Crippen LogP contribution >= 0.6 is 11.6 Å². The van der Waals surface area contributed by atoms with Gasteiger partial charge in [-0.05, 0) is 12.1 Å². The first-order valence-electron chi connectivity index (χ1n) is 3.91. The third-order valence-corrected chi connectivity index (χ3v) is 2.16. The van der Waals surface area contributed by atoms with Gasteiger partial charge in [0.25, 0.3) is 0 Å². The molecule has 78 valence electrons. The summed E-state index contributed by atoms with van der Waals surface area (Å²) in [6.45, 7) is 0. The van der Waals surface area contributed by atoms with Gasteiger partial charge in [0, 0.05) is 10.4 Å². The molecule has 0 spiro atoms. The second-order valence-electron chi connectivity index (χ2n) is 2.91. The maximum atomic E-state index is 13.3. The first-order valence-corrected chi connectivity index (χ1v) is 4.29. The molecule has 3 N–H and O–H groups in total. The molecule has 0 atom stereocenters. The van der Waals surface area contributed by atoms with Crippen molar-refractivity contribution in [3.05, 3.63) is 28.7 Å². The summed E-state index contributed by atoms with van der Waals surface area (Å²) in [4.78, 5) is 10.7. The monoisotopic (exact) mass is 229 g/mol. The van der Waals surface area contributed by atoms with Gasteiger partial charge in [-0.15, -0.1) is 0 Å². The Balaban J connectivity index is 2.88. The minimum atomic E-state index is -1.35. The predicted molar refractivity (Wildman–Crippen MR) is 52.6 cm³/mol. The molecule has 1 heterocycles. The second-order valence-corrected chi connectivity index (χ2v) is 3.35. The Kier molecular flexibility index (Phi) is 2.04. The number of hydrogen-bond acceptors (Lipinski definition) is 3. The van der Waals surface area contributed by atoms with Crippen molar-refractivity contribution in [2.75, 3.05) is 5.73 Å². The lowest BCUT2D eigenvalue weighted by molar-refractivity contribution is 0.0666. The Morgan fingerprint density at radius 1 is 1.53 bits per heavy atom. The molecule has 0 fully saturated rings. The van der Waals surface area contributed by atoms with Crippen LogP contribution in [-0.2, 0) is 0 Å². The molecule has 0 aliphatic heterocycles. The van der Waals surface area contributed by atoms with Gasteiger partial charge in [-0.2, -0.15) is 0 Å². The van der Waals surface area contributed by atoms with E-state index in [1.54, 1.807) is 0 Å². The first kappa shape index (κ1) is 9.79. The fourth-order valence-corrected chi connectivity index (χ4v) is 1.51. The molecule has 4 nitrogen and oxygen atoms in total. The van der Waals surface area contributed by atoms with Gasteiger partial charge >= 0.3 is 5.97 Å². The molecule has 0 unspecified atom stereocenters. The van der Waals surface area contributed by atoms with Gasteiger partial charge in [0.1, 0.15) is 0 Å². The normalized spacial score (nSPS) is 10.8. The molecule has 0 saturated heterocycles. The van der Waals surface area contributed by atoms with Crippen LogP contribution in [0.3, 0.4) is 0 Å². The summed E-state index contributed by atoms with van der Waals surface area (Å²) in [7, 11) is 0. The summed E-state index contributed by atoms with van der Waals surface area (Å²) in [6, 6.07) is 2.38. The Labute approximate surface area is 88.0 Å². The van der Waals surface area contributed by atoms with Gasteiger partial charge in [-0.3, -0.25) is 0 Å². The molecule has 15 heavy (non-hydrogen) atoms. The molecule has 2 aromatic rings. The SMILES string of the molecule is Nc1c(C(=O)O)oc2c(F)cc(Cl)cc12. The van der Waals surface area contributed by atoms with Crippen molar-refractivity contribution in [1.29, 1.82) is 0 Å².